The number of para-hydroxylation sites is 1. The van der Waals surface area contributed by atoms with Crippen molar-refractivity contribution in [1.29, 1.82) is 0 Å². The molecule has 1 aromatic heterocycles. The Kier molecular flexibility index (Phi) is 6.14. The van der Waals surface area contributed by atoms with E-state index in [0.717, 1.165) is 11.3 Å². The molecular formula is C21H20N4O2. The van der Waals surface area contributed by atoms with Crippen LogP contribution < -0.4 is 10.2 Å². The average molecular weight is 360 g/mol. The van der Waals surface area contributed by atoms with Crippen LogP contribution in [0.4, 0.5) is 5.69 Å². The van der Waals surface area contributed by atoms with E-state index in [1.54, 1.807) is 30.6 Å². The van der Waals surface area contributed by atoms with Gasteiger partial charge in [0.15, 0.2) is 17.3 Å². The van der Waals surface area contributed by atoms with Gasteiger partial charge in [0.25, 0.3) is 0 Å². The summed E-state index contributed by atoms with van der Waals surface area (Å²) in [5.41, 5.74) is 5.21. The second-order valence-corrected chi connectivity index (χ2v) is 5.54. The zero-order valence-electron chi connectivity index (χ0n) is 14.9. The zero-order chi connectivity index (χ0) is 18.9. The molecule has 2 N–H and O–H groups in total. The van der Waals surface area contributed by atoms with Crippen molar-refractivity contribution in [2.45, 2.75) is 6.92 Å². The van der Waals surface area contributed by atoms with Gasteiger partial charge in [-0.3, -0.25) is 10.4 Å². The van der Waals surface area contributed by atoms with Crippen molar-refractivity contribution in [2.24, 2.45) is 10.1 Å². The number of aromatic nitrogens is 1. The summed E-state index contributed by atoms with van der Waals surface area (Å²) in [6, 6.07) is 20.2. The van der Waals surface area contributed by atoms with E-state index in [1.807, 2.05) is 55.5 Å². The summed E-state index contributed by atoms with van der Waals surface area (Å²) < 4.78 is 5.39. The maximum Gasteiger partial charge on any atom is 0.172 e. The number of aliphatic imine (C=N–C) groups is 1. The molecule has 0 amide bonds. The number of nitrogens with zero attached hydrogens (tertiary/aromatic N) is 3. The lowest BCUT2D eigenvalue weighted by molar-refractivity contribution is 0.318. The van der Waals surface area contributed by atoms with Crippen LogP contribution in [0.2, 0.25) is 0 Å². The molecule has 3 rings (SSSR count). The molecule has 1 heterocycles. The average Bonchev–Trinajstić information content (AvgIpc) is 2.71. The number of hydrogen-bond acceptors (Lipinski definition) is 5. The molecule has 0 radical (unpaired) electrons. The molecule has 27 heavy (non-hydrogen) atoms. The summed E-state index contributed by atoms with van der Waals surface area (Å²) in [5, 5.41) is 14.0. The van der Waals surface area contributed by atoms with E-state index in [9.17, 15) is 5.11 Å². The lowest BCUT2D eigenvalue weighted by Gasteiger charge is -2.07. The standard InChI is InChI=1S/C21H20N4O2/c1-2-27-20-14-16(11-12-19(20)26)15-23-25-21(18-10-6-7-13-22-18)24-17-8-4-3-5-9-17/h3-15,26H,2H2,1H3,(H,24,25). The lowest BCUT2D eigenvalue weighted by Crippen LogP contribution is -2.20. The fourth-order valence-electron chi connectivity index (χ4n) is 2.32. The van der Waals surface area contributed by atoms with Gasteiger partial charge in [0.05, 0.1) is 18.5 Å². The number of amidine groups is 1. The van der Waals surface area contributed by atoms with Crippen molar-refractivity contribution in [2.75, 3.05) is 6.61 Å². The third kappa shape index (κ3) is 5.15. The predicted octanol–water partition coefficient (Wildman–Crippen LogP) is 3.89. The minimum Gasteiger partial charge on any atom is -0.504 e. The van der Waals surface area contributed by atoms with Crippen LogP contribution in [0.25, 0.3) is 0 Å². The topological polar surface area (TPSA) is 79.1 Å². The van der Waals surface area contributed by atoms with Crippen molar-refractivity contribution in [3.63, 3.8) is 0 Å². The quantitative estimate of drug-likeness (QED) is 0.397. The number of phenols is 1. The highest BCUT2D eigenvalue weighted by Crippen LogP contribution is 2.26. The van der Waals surface area contributed by atoms with Crippen molar-refractivity contribution < 1.29 is 9.84 Å². The maximum atomic E-state index is 9.78. The van der Waals surface area contributed by atoms with Crippen molar-refractivity contribution in [1.82, 2.24) is 10.4 Å². The molecule has 0 atom stereocenters. The molecule has 0 aliphatic rings. The Balaban J connectivity index is 1.82. The van der Waals surface area contributed by atoms with Gasteiger partial charge >= 0.3 is 0 Å². The van der Waals surface area contributed by atoms with Gasteiger partial charge in [-0.05, 0) is 55.0 Å². The smallest absolute Gasteiger partial charge is 0.172 e. The number of aromatic hydroxyl groups is 1. The summed E-state index contributed by atoms with van der Waals surface area (Å²) in [7, 11) is 0. The van der Waals surface area contributed by atoms with Crippen LogP contribution in [-0.4, -0.2) is 28.7 Å². The van der Waals surface area contributed by atoms with Crippen LogP contribution in [0, 0.1) is 0 Å². The van der Waals surface area contributed by atoms with E-state index in [4.69, 9.17) is 4.74 Å². The zero-order valence-corrected chi connectivity index (χ0v) is 14.9. The highest BCUT2D eigenvalue weighted by molar-refractivity contribution is 5.99. The molecule has 0 bridgehead atoms. The molecule has 136 valence electrons. The second-order valence-electron chi connectivity index (χ2n) is 5.54. The van der Waals surface area contributed by atoms with Crippen LogP contribution in [-0.2, 0) is 0 Å². The number of nitrogens with one attached hydrogen (secondary N) is 1. The fraction of sp³-hybridized carbons (Fsp3) is 0.0952. The Morgan fingerprint density at radius 3 is 2.67 bits per heavy atom. The number of hydrogen-bond donors (Lipinski definition) is 2. The molecular weight excluding hydrogens is 340 g/mol. The van der Waals surface area contributed by atoms with Gasteiger partial charge in [0.1, 0.15) is 5.69 Å². The number of pyridine rings is 1. The normalized spacial score (nSPS) is 11.5. The van der Waals surface area contributed by atoms with Gasteiger partial charge in [0.2, 0.25) is 0 Å². The Morgan fingerprint density at radius 1 is 1.11 bits per heavy atom. The minimum atomic E-state index is 0.0989. The summed E-state index contributed by atoms with van der Waals surface area (Å²) >= 11 is 0. The summed E-state index contributed by atoms with van der Waals surface area (Å²) in [6.07, 6.45) is 3.33. The van der Waals surface area contributed by atoms with Gasteiger partial charge in [-0.15, -0.1) is 0 Å². The second kappa shape index (κ2) is 9.15. The van der Waals surface area contributed by atoms with E-state index in [-0.39, 0.29) is 5.75 Å². The van der Waals surface area contributed by atoms with E-state index in [1.165, 1.54) is 0 Å². The summed E-state index contributed by atoms with van der Waals surface area (Å²) in [5.74, 6) is 1.05. The first-order valence-corrected chi connectivity index (χ1v) is 8.56. The first-order chi connectivity index (χ1) is 13.3. The van der Waals surface area contributed by atoms with Crippen LogP contribution in [0.15, 0.2) is 83.0 Å². The van der Waals surface area contributed by atoms with Crippen LogP contribution in [0.1, 0.15) is 18.2 Å². The molecule has 0 fully saturated rings. The largest absolute Gasteiger partial charge is 0.504 e. The van der Waals surface area contributed by atoms with Crippen molar-refractivity contribution in [3.05, 3.63) is 84.2 Å². The van der Waals surface area contributed by atoms with Crippen LogP contribution in [0.5, 0.6) is 11.5 Å². The molecule has 6 nitrogen and oxygen atoms in total. The predicted molar refractivity (Wildman–Crippen MR) is 107 cm³/mol. The number of benzene rings is 2. The van der Waals surface area contributed by atoms with Gasteiger partial charge < -0.3 is 9.84 Å². The molecule has 0 unspecified atom stereocenters. The highest BCUT2D eigenvalue weighted by Gasteiger charge is 2.05. The number of ether oxygens (including phenoxy) is 1. The molecule has 0 saturated carbocycles. The van der Waals surface area contributed by atoms with Gasteiger partial charge in [0, 0.05) is 6.20 Å². The van der Waals surface area contributed by atoms with E-state index in [0.29, 0.717) is 23.9 Å². The third-order valence-electron chi connectivity index (χ3n) is 3.57. The Labute approximate surface area is 157 Å². The molecule has 6 heteroatoms. The Morgan fingerprint density at radius 2 is 1.93 bits per heavy atom. The number of rotatable bonds is 6. The van der Waals surface area contributed by atoms with Crippen LogP contribution >= 0.6 is 0 Å². The highest BCUT2D eigenvalue weighted by atomic mass is 16.5. The van der Waals surface area contributed by atoms with Crippen molar-refractivity contribution >= 4 is 17.7 Å². The monoisotopic (exact) mass is 360 g/mol. The molecule has 3 aromatic rings. The van der Waals surface area contributed by atoms with Crippen molar-refractivity contribution in [3.8, 4) is 11.5 Å². The summed E-state index contributed by atoms with van der Waals surface area (Å²) in [4.78, 5) is 8.92. The number of phenolic OH excluding ortho intramolecular Hbond substituents is 1. The first-order valence-electron chi connectivity index (χ1n) is 8.56. The fourth-order valence-corrected chi connectivity index (χ4v) is 2.32. The van der Waals surface area contributed by atoms with Gasteiger partial charge in [-0.1, -0.05) is 24.3 Å². The molecule has 0 saturated heterocycles. The van der Waals surface area contributed by atoms with Crippen LogP contribution in [0.3, 0.4) is 0 Å². The van der Waals surface area contributed by atoms with Gasteiger partial charge in [-0.25, -0.2) is 4.99 Å². The molecule has 2 aromatic carbocycles. The summed E-state index contributed by atoms with van der Waals surface area (Å²) in [6.45, 7) is 2.33. The lowest BCUT2D eigenvalue weighted by atomic mass is 10.2. The Hall–Kier alpha value is -3.67. The number of hydrazone groups is 1. The molecule has 0 aliphatic carbocycles. The first kappa shape index (κ1) is 18.1. The minimum absolute atomic E-state index is 0.0989. The van der Waals surface area contributed by atoms with E-state index >= 15 is 0 Å². The Bertz CT molecular complexity index is 925. The third-order valence-corrected chi connectivity index (χ3v) is 3.57. The maximum absolute atomic E-state index is 9.78. The van der Waals surface area contributed by atoms with E-state index in [2.05, 4.69) is 20.5 Å². The van der Waals surface area contributed by atoms with Gasteiger partial charge in [-0.2, -0.15) is 5.10 Å². The SMILES string of the molecule is CCOc1cc(C=NNC(=Nc2ccccc2)c2ccccn2)ccc1O. The van der Waals surface area contributed by atoms with E-state index < -0.39 is 0 Å². The molecule has 0 spiro atoms. The molecule has 0 aliphatic heterocycles.